The summed E-state index contributed by atoms with van der Waals surface area (Å²) in [4.78, 5) is 6.69. The highest BCUT2D eigenvalue weighted by Gasteiger charge is 2.15. The SMILES string of the molecule is CN=C(NCCCCCc1ccccc1)N(C)CCC1CCOCC1. The number of guanidine groups is 1. The van der Waals surface area contributed by atoms with Crippen LogP contribution in [0, 0.1) is 5.92 Å². The molecule has 25 heavy (non-hydrogen) atoms. The van der Waals surface area contributed by atoms with Crippen molar-refractivity contribution in [3.63, 3.8) is 0 Å². The lowest BCUT2D eigenvalue weighted by Gasteiger charge is -2.26. The van der Waals surface area contributed by atoms with Crippen LogP contribution in [0.15, 0.2) is 35.3 Å². The molecule has 4 heteroatoms. The van der Waals surface area contributed by atoms with Crippen LogP contribution in [0.25, 0.3) is 0 Å². The number of ether oxygens (including phenoxy) is 1. The number of aryl methyl sites for hydroxylation is 1. The monoisotopic (exact) mass is 345 g/mol. The fourth-order valence-electron chi connectivity index (χ4n) is 3.38. The van der Waals surface area contributed by atoms with Gasteiger partial charge in [-0.1, -0.05) is 36.8 Å². The van der Waals surface area contributed by atoms with Crippen LogP contribution in [0.3, 0.4) is 0 Å². The van der Waals surface area contributed by atoms with Crippen molar-refractivity contribution in [1.82, 2.24) is 10.2 Å². The number of benzene rings is 1. The van der Waals surface area contributed by atoms with E-state index in [4.69, 9.17) is 4.74 Å². The summed E-state index contributed by atoms with van der Waals surface area (Å²) < 4.78 is 5.44. The van der Waals surface area contributed by atoms with Crippen LogP contribution in [0.4, 0.5) is 0 Å². The summed E-state index contributed by atoms with van der Waals surface area (Å²) in [5.41, 5.74) is 1.44. The number of nitrogens with one attached hydrogen (secondary N) is 1. The van der Waals surface area contributed by atoms with Crippen molar-refractivity contribution in [2.45, 2.75) is 44.9 Å². The van der Waals surface area contributed by atoms with E-state index >= 15 is 0 Å². The lowest BCUT2D eigenvalue weighted by molar-refractivity contribution is 0.0625. The highest BCUT2D eigenvalue weighted by Crippen LogP contribution is 2.18. The Morgan fingerprint density at radius 1 is 1.16 bits per heavy atom. The Morgan fingerprint density at radius 2 is 1.92 bits per heavy atom. The minimum absolute atomic E-state index is 0.812. The summed E-state index contributed by atoms with van der Waals surface area (Å²) in [5.74, 6) is 1.84. The molecule has 1 aromatic rings. The highest BCUT2D eigenvalue weighted by molar-refractivity contribution is 5.79. The molecule has 0 aromatic heterocycles. The number of hydrogen-bond acceptors (Lipinski definition) is 2. The van der Waals surface area contributed by atoms with E-state index in [0.29, 0.717) is 0 Å². The van der Waals surface area contributed by atoms with Crippen LogP contribution in [-0.2, 0) is 11.2 Å². The molecule has 140 valence electrons. The third-order valence-electron chi connectivity index (χ3n) is 5.06. The van der Waals surface area contributed by atoms with E-state index in [0.717, 1.165) is 38.2 Å². The van der Waals surface area contributed by atoms with E-state index in [9.17, 15) is 0 Å². The number of aliphatic imine (C=N–C) groups is 1. The first-order valence-electron chi connectivity index (χ1n) is 9.83. The van der Waals surface area contributed by atoms with Gasteiger partial charge >= 0.3 is 0 Å². The van der Waals surface area contributed by atoms with Crippen LogP contribution in [0.5, 0.6) is 0 Å². The standard InChI is InChI=1S/C21H35N3O/c1-22-21(24(2)16-12-20-13-17-25-18-14-20)23-15-8-4-7-11-19-9-5-3-6-10-19/h3,5-6,9-10,20H,4,7-8,11-18H2,1-2H3,(H,22,23). The summed E-state index contributed by atoms with van der Waals surface area (Å²) in [6.07, 6.45) is 8.54. The van der Waals surface area contributed by atoms with E-state index in [2.05, 4.69) is 52.6 Å². The molecule has 0 atom stereocenters. The fourth-order valence-corrected chi connectivity index (χ4v) is 3.38. The lowest BCUT2D eigenvalue weighted by atomic mass is 9.96. The zero-order valence-electron chi connectivity index (χ0n) is 16.0. The Kier molecular flexibility index (Phi) is 9.42. The largest absolute Gasteiger partial charge is 0.381 e. The second-order valence-corrected chi connectivity index (χ2v) is 7.04. The van der Waals surface area contributed by atoms with Crippen molar-refractivity contribution in [1.29, 1.82) is 0 Å². The number of rotatable bonds is 9. The second-order valence-electron chi connectivity index (χ2n) is 7.04. The van der Waals surface area contributed by atoms with Gasteiger partial charge in [0.25, 0.3) is 0 Å². The third-order valence-corrected chi connectivity index (χ3v) is 5.06. The van der Waals surface area contributed by atoms with Crippen LogP contribution in [-0.4, -0.2) is 51.3 Å². The molecule has 4 nitrogen and oxygen atoms in total. The van der Waals surface area contributed by atoms with Gasteiger partial charge in [0, 0.05) is 40.4 Å². The topological polar surface area (TPSA) is 36.9 Å². The van der Waals surface area contributed by atoms with E-state index < -0.39 is 0 Å². The maximum absolute atomic E-state index is 5.44. The van der Waals surface area contributed by atoms with Gasteiger partial charge in [-0.15, -0.1) is 0 Å². The molecule has 2 rings (SSSR count). The van der Waals surface area contributed by atoms with Gasteiger partial charge in [-0.3, -0.25) is 4.99 Å². The minimum atomic E-state index is 0.812. The Hall–Kier alpha value is -1.55. The Labute approximate surface area is 153 Å². The molecule has 0 bridgehead atoms. The molecular weight excluding hydrogens is 310 g/mol. The molecule has 0 saturated carbocycles. The summed E-state index contributed by atoms with van der Waals surface area (Å²) in [6, 6.07) is 10.8. The summed E-state index contributed by atoms with van der Waals surface area (Å²) >= 11 is 0. The first kappa shape index (κ1) is 19.8. The molecule has 0 unspecified atom stereocenters. The van der Waals surface area contributed by atoms with Crippen LogP contribution in [0.1, 0.15) is 44.1 Å². The molecule has 0 aliphatic carbocycles. The maximum atomic E-state index is 5.44. The van der Waals surface area contributed by atoms with E-state index in [-0.39, 0.29) is 0 Å². The minimum Gasteiger partial charge on any atom is -0.381 e. The molecule has 1 fully saturated rings. The van der Waals surface area contributed by atoms with Crippen molar-refractivity contribution in [2.75, 3.05) is 40.4 Å². The molecule has 1 N–H and O–H groups in total. The molecule has 0 amide bonds. The Morgan fingerprint density at radius 3 is 2.64 bits per heavy atom. The van der Waals surface area contributed by atoms with Gasteiger partial charge in [0.05, 0.1) is 0 Å². The lowest BCUT2D eigenvalue weighted by Crippen LogP contribution is -2.40. The van der Waals surface area contributed by atoms with Crippen LogP contribution < -0.4 is 5.32 Å². The number of hydrogen-bond donors (Lipinski definition) is 1. The van der Waals surface area contributed by atoms with E-state index in [1.54, 1.807) is 0 Å². The van der Waals surface area contributed by atoms with Crippen molar-refractivity contribution >= 4 is 5.96 Å². The Balaban J connectivity index is 1.54. The van der Waals surface area contributed by atoms with Gasteiger partial charge in [-0.05, 0) is 50.0 Å². The predicted octanol–water partition coefficient (Wildman–Crippen LogP) is 3.72. The van der Waals surface area contributed by atoms with E-state index in [1.165, 1.54) is 50.5 Å². The van der Waals surface area contributed by atoms with Crippen molar-refractivity contribution in [3.8, 4) is 0 Å². The quantitative estimate of drug-likeness (QED) is 0.421. The molecule has 1 aliphatic rings. The van der Waals surface area contributed by atoms with E-state index in [1.807, 2.05) is 7.05 Å². The molecule has 0 spiro atoms. The number of nitrogens with zero attached hydrogens (tertiary/aromatic N) is 2. The van der Waals surface area contributed by atoms with Gasteiger partial charge < -0.3 is 15.0 Å². The molecule has 1 saturated heterocycles. The van der Waals surface area contributed by atoms with Crippen LogP contribution in [0.2, 0.25) is 0 Å². The van der Waals surface area contributed by atoms with Gasteiger partial charge in [0.1, 0.15) is 0 Å². The van der Waals surface area contributed by atoms with Crippen molar-refractivity contribution < 1.29 is 4.74 Å². The summed E-state index contributed by atoms with van der Waals surface area (Å²) in [5, 5.41) is 3.51. The Bertz CT molecular complexity index is 483. The summed E-state index contributed by atoms with van der Waals surface area (Å²) in [7, 11) is 4.02. The van der Waals surface area contributed by atoms with Gasteiger partial charge in [-0.25, -0.2) is 0 Å². The molecular formula is C21H35N3O. The van der Waals surface area contributed by atoms with Crippen molar-refractivity contribution in [3.05, 3.63) is 35.9 Å². The zero-order chi connectivity index (χ0) is 17.7. The van der Waals surface area contributed by atoms with Gasteiger partial charge in [0.15, 0.2) is 5.96 Å². The summed E-state index contributed by atoms with van der Waals surface area (Å²) in [6.45, 7) is 3.94. The second kappa shape index (κ2) is 11.9. The smallest absolute Gasteiger partial charge is 0.193 e. The zero-order valence-corrected chi connectivity index (χ0v) is 16.0. The van der Waals surface area contributed by atoms with Crippen molar-refractivity contribution in [2.24, 2.45) is 10.9 Å². The van der Waals surface area contributed by atoms with Gasteiger partial charge in [-0.2, -0.15) is 0 Å². The third kappa shape index (κ3) is 7.91. The number of unbranched alkanes of at least 4 members (excludes halogenated alkanes) is 2. The first-order valence-corrected chi connectivity index (χ1v) is 9.83. The van der Waals surface area contributed by atoms with Gasteiger partial charge in [0.2, 0.25) is 0 Å². The van der Waals surface area contributed by atoms with Crippen LogP contribution >= 0.6 is 0 Å². The fraction of sp³-hybridized carbons (Fsp3) is 0.667. The molecule has 1 heterocycles. The predicted molar refractivity (Wildman–Crippen MR) is 106 cm³/mol. The molecule has 1 aromatic carbocycles. The highest BCUT2D eigenvalue weighted by atomic mass is 16.5. The first-order chi connectivity index (χ1) is 12.3. The average Bonchev–Trinajstić information content (AvgIpc) is 2.67. The average molecular weight is 346 g/mol. The molecule has 0 radical (unpaired) electrons. The molecule has 1 aliphatic heterocycles. The maximum Gasteiger partial charge on any atom is 0.193 e. The normalized spacial score (nSPS) is 16.0.